The van der Waals surface area contributed by atoms with Crippen LogP contribution in [0.1, 0.15) is 50.8 Å². The van der Waals surface area contributed by atoms with Gasteiger partial charge in [0, 0.05) is 0 Å². The van der Waals surface area contributed by atoms with E-state index >= 15 is 0 Å². The van der Waals surface area contributed by atoms with Crippen LogP contribution in [0.25, 0.3) is 0 Å². The molecule has 2 unspecified atom stereocenters. The second-order valence-corrected chi connectivity index (χ2v) is 5.80. The Kier molecular flexibility index (Phi) is 3.55. The van der Waals surface area contributed by atoms with Crippen molar-refractivity contribution in [3.8, 4) is 0 Å². The summed E-state index contributed by atoms with van der Waals surface area (Å²) >= 11 is 0. The van der Waals surface area contributed by atoms with Crippen molar-refractivity contribution in [2.24, 2.45) is 0 Å². The van der Waals surface area contributed by atoms with Crippen molar-refractivity contribution in [3.63, 3.8) is 0 Å². The van der Waals surface area contributed by atoms with Crippen molar-refractivity contribution in [3.05, 3.63) is 35.4 Å². The number of benzene rings is 1. The smallest absolute Gasteiger partial charge is 0.105 e. The predicted octanol–water partition coefficient (Wildman–Crippen LogP) is 3.24. The van der Waals surface area contributed by atoms with Crippen LogP contribution in [0.2, 0.25) is 0 Å². The van der Waals surface area contributed by atoms with Crippen LogP contribution in [-0.2, 0) is 11.2 Å². The van der Waals surface area contributed by atoms with Gasteiger partial charge in [-0.2, -0.15) is 0 Å². The molecule has 1 aliphatic carbocycles. The molecule has 1 aromatic carbocycles. The summed E-state index contributed by atoms with van der Waals surface area (Å²) < 4.78 is 5.98. The van der Waals surface area contributed by atoms with Gasteiger partial charge in [-0.3, -0.25) is 0 Å². The molecule has 0 aromatic heterocycles. The standard InChI is InChI=1S/C15H22O2/c1-15(2,3)17-13-10-6-8-11-7-4-5-9-12(11)14(13)16/h4-5,7,9,13-14,16H,6,8,10H2,1-3H3. The molecule has 0 saturated carbocycles. The number of ether oxygens (including phenoxy) is 1. The lowest BCUT2D eigenvalue weighted by atomic mass is 10.00. The maximum Gasteiger partial charge on any atom is 0.105 e. The van der Waals surface area contributed by atoms with Crippen LogP contribution < -0.4 is 0 Å². The molecule has 1 aromatic rings. The summed E-state index contributed by atoms with van der Waals surface area (Å²) in [4.78, 5) is 0. The highest BCUT2D eigenvalue weighted by Gasteiger charge is 2.29. The Balaban J connectivity index is 2.23. The Bertz CT molecular complexity index is 379. The van der Waals surface area contributed by atoms with E-state index in [2.05, 4.69) is 6.07 Å². The topological polar surface area (TPSA) is 29.5 Å². The summed E-state index contributed by atoms with van der Waals surface area (Å²) in [6.07, 6.45) is 2.46. The van der Waals surface area contributed by atoms with Crippen molar-refractivity contribution >= 4 is 0 Å². The Labute approximate surface area is 104 Å². The van der Waals surface area contributed by atoms with Gasteiger partial charge in [-0.05, 0) is 51.2 Å². The fourth-order valence-corrected chi connectivity index (χ4v) is 2.48. The minimum atomic E-state index is -0.493. The summed E-state index contributed by atoms with van der Waals surface area (Å²) in [5, 5.41) is 10.4. The normalized spacial score (nSPS) is 25.2. The molecule has 0 bridgehead atoms. The molecular formula is C15H22O2. The van der Waals surface area contributed by atoms with Gasteiger partial charge in [0.15, 0.2) is 0 Å². The zero-order valence-corrected chi connectivity index (χ0v) is 10.9. The Morgan fingerprint density at radius 3 is 2.65 bits per heavy atom. The molecule has 2 nitrogen and oxygen atoms in total. The quantitative estimate of drug-likeness (QED) is 0.756. The maximum atomic E-state index is 10.4. The van der Waals surface area contributed by atoms with E-state index in [1.807, 2.05) is 39.0 Å². The van der Waals surface area contributed by atoms with Crippen molar-refractivity contribution in [2.75, 3.05) is 0 Å². The van der Waals surface area contributed by atoms with Gasteiger partial charge in [-0.25, -0.2) is 0 Å². The first-order valence-corrected chi connectivity index (χ1v) is 6.41. The van der Waals surface area contributed by atoms with Gasteiger partial charge < -0.3 is 9.84 Å². The molecule has 1 N–H and O–H groups in total. The van der Waals surface area contributed by atoms with E-state index in [0.29, 0.717) is 0 Å². The average molecular weight is 234 g/mol. The summed E-state index contributed by atoms with van der Waals surface area (Å²) in [6.45, 7) is 6.11. The van der Waals surface area contributed by atoms with Crippen molar-refractivity contribution < 1.29 is 9.84 Å². The third-order valence-corrected chi connectivity index (χ3v) is 3.17. The minimum Gasteiger partial charge on any atom is -0.386 e. The average Bonchev–Trinajstić information content (AvgIpc) is 2.39. The van der Waals surface area contributed by atoms with E-state index in [9.17, 15) is 5.11 Å². The predicted molar refractivity (Wildman–Crippen MR) is 69.0 cm³/mol. The number of rotatable bonds is 1. The molecule has 0 heterocycles. The van der Waals surface area contributed by atoms with Crippen molar-refractivity contribution in [1.29, 1.82) is 0 Å². The molecule has 0 spiro atoms. The molecule has 0 saturated heterocycles. The summed E-state index contributed by atoms with van der Waals surface area (Å²) in [5.41, 5.74) is 2.10. The van der Waals surface area contributed by atoms with Gasteiger partial charge in [0.05, 0.1) is 11.7 Å². The Morgan fingerprint density at radius 2 is 1.94 bits per heavy atom. The first-order valence-electron chi connectivity index (χ1n) is 6.41. The SMILES string of the molecule is CC(C)(C)OC1CCCc2ccccc2C1O. The van der Waals surface area contributed by atoms with Gasteiger partial charge in [0.25, 0.3) is 0 Å². The molecule has 0 fully saturated rings. The lowest BCUT2D eigenvalue weighted by Crippen LogP contribution is -2.31. The Hall–Kier alpha value is -0.860. The molecule has 2 atom stereocenters. The highest BCUT2D eigenvalue weighted by Crippen LogP contribution is 2.32. The molecule has 94 valence electrons. The number of aliphatic hydroxyl groups excluding tert-OH is 1. The largest absolute Gasteiger partial charge is 0.386 e. The van der Waals surface area contributed by atoms with E-state index in [-0.39, 0.29) is 11.7 Å². The molecule has 2 heteroatoms. The zero-order valence-electron chi connectivity index (χ0n) is 10.9. The highest BCUT2D eigenvalue weighted by atomic mass is 16.5. The lowest BCUT2D eigenvalue weighted by Gasteiger charge is -2.30. The van der Waals surface area contributed by atoms with Crippen molar-refractivity contribution in [2.45, 2.75) is 57.8 Å². The molecule has 0 amide bonds. The number of fused-ring (bicyclic) bond motifs is 1. The van der Waals surface area contributed by atoms with Gasteiger partial charge in [0.1, 0.15) is 6.10 Å². The fourth-order valence-electron chi connectivity index (χ4n) is 2.48. The second-order valence-electron chi connectivity index (χ2n) is 5.80. The molecule has 1 aliphatic rings. The van der Waals surface area contributed by atoms with Crippen LogP contribution >= 0.6 is 0 Å². The number of aryl methyl sites for hydroxylation is 1. The van der Waals surface area contributed by atoms with Gasteiger partial charge in [-0.15, -0.1) is 0 Å². The maximum absolute atomic E-state index is 10.4. The first kappa shape index (κ1) is 12.6. The third-order valence-electron chi connectivity index (χ3n) is 3.17. The molecule has 2 rings (SSSR count). The zero-order chi connectivity index (χ0) is 12.5. The molecular weight excluding hydrogens is 212 g/mol. The number of aliphatic hydroxyl groups is 1. The summed E-state index contributed by atoms with van der Waals surface area (Å²) in [6, 6.07) is 8.15. The van der Waals surface area contributed by atoms with Gasteiger partial charge >= 0.3 is 0 Å². The van der Waals surface area contributed by atoms with Crippen LogP contribution in [0, 0.1) is 0 Å². The highest BCUT2D eigenvalue weighted by molar-refractivity contribution is 5.31. The van der Waals surface area contributed by atoms with Crippen molar-refractivity contribution in [1.82, 2.24) is 0 Å². The van der Waals surface area contributed by atoms with Crippen LogP contribution in [0.15, 0.2) is 24.3 Å². The van der Waals surface area contributed by atoms with Gasteiger partial charge in [-0.1, -0.05) is 24.3 Å². The fraction of sp³-hybridized carbons (Fsp3) is 0.600. The molecule has 17 heavy (non-hydrogen) atoms. The molecule has 0 radical (unpaired) electrons. The van der Waals surface area contributed by atoms with E-state index in [0.717, 1.165) is 24.8 Å². The van der Waals surface area contributed by atoms with Crippen LogP contribution in [0.5, 0.6) is 0 Å². The van der Waals surface area contributed by atoms with E-state index < -0.39 is 6.10 Å². The summed E-state index contributed by atoms with van der Waals surface area (Å²) in [7, 11) is 0. The minimum absolute atomic E-state index is 0.0846. The number of hydrogen-bond donors (Lipinski definition) is 1. The van der Waals surface area contributed by atoms with Crippen LogP contribution in [-0.4, -0.2) is 16.8 Å². The Morgan fingerprint density at radius 1 is 1.24 bits per heavy atom. The third kappa shape index (κ3) is 3.08. The van der Waals surface area contributed by atoms with Crippen LogP contribution in [0.4, 0.5) is 0 Å². The monoisotopic (exact) mass is 234 g/mol. The molecule has 0 aliphatic heterocycles. The van der Waals surface area contributed by atoms with Crippen LogP contribution in [0.3, 0.4) is 0 Å². The number of hydrogen-bond acceptors (Lipinski definition) is 2. The second kappa shape index (κ2) is 4.79. The van der Waals surface area contributed by atoms with Gasteiger partial charge in [0.2, 0.25) is 0 Å². The van der Waals surface area contributed by atoms with E-state index in [1.165, 1.54) is 5.56 Å². The van der Waals surface area contributed by atoms with E-state index in [1.54, 1.807) is 0 Å². The summed E-state index contributed by atoms with van der Waals surface area (Å²) in [5.74, 6) is 0. The first-order chi connectivity index (χ1) is 7.97. The van der Waals surface area contributed by atoms with E-state index in [4.69, 9.17) is 4.74 Å². The lowest BCUT2D eigenvalue weighted by molar-refractivity contribution is -0.114.